The number of ether oxygens (including phenoxy) is 3. The standard InChI is InChI=1S/C35H31F2N5O6/c1-46-13-12-39-34(43)31(47-2)19-42-30-16-24(35(44)45)10-11-29(30)40-32(42)17-22-8-9-23(15-27(22)37)28-4-3-5-33(41-28)48-20-25-7-6-21(18-38)14-26(25)36/h3-11,14-16,31H,12-13,17,19-20H2,1-2H3,(H,39,43)(H,44,45). The predicted molar refractivity (Wildman–Crippen MR) is 170 cm³/mol. The van der Waals surface area contributed by atoms with Crippen molar-refractivity contribution in [2.45, 2.75) is 25.7 Å². The van der Waals surface area contributed by atoms with E-state index in [1.807, 2.05) is 6.07 Å². The monoisotopic (exact) mass is 655 g/mol. The Bertz CT molecular complexity index is 2010. The smallest absolute Gasteiger partial charge is 0.335 e. The number of carbonyl (C=O) groups excluding carboxylic acids is 1. The lowest BCUT2D eigenvalue weighted by Crippen LogP contribution is -2.40. The Morgan fingerprint density at radius 3 is 2.50 bits per heavy atom. The van der Waals surface area contributed by atoms with Crippen LogP contribution < -0.4 is 10.1 Å². The molecule has 0 spiro atoms. The molecule has 5 rings (SSSR count). The zero-order valence-electron chi connectivity index (χ0n) is 26.1. The van der Waals surface area contributed by atoms with Crippen LogP contribution in [0.2, 0.25) is 0 Å². The van der Waals surface area contributed by atoms with Crippen LogP contribution in [0.1, 0.15) is 32.9 Å². The first-order valence-corrected chi connectivity index (χ1v) is 14.8. The van der Waals surface area contributed by atoms with Crippen molar-refractivity contribution < 1.29 is 37.7 Å². The highest BCUT2D eigenvalue weighted by atomic mass is 19.1. The van der Waals surface area contributed by atoms with Crippen molar-refractivity contribution in [1.29, 1.82) is 5.26 Å². The summed E-state index contributed by atoms with van der Waals surface area (Å²) in [5.41, 5.74) is 2.62. The van der Waals surface area contributed by atoms with Gasteiger partial charge in [-0.25, -0.2) is 23.5 Å². The average molecular weight is 656 g/mol. The fraction of sp³-hybridized carbons (Fsp3) is 0.229. The van der Waals surface area contributed by atoms with Gasteiger partial charge in [0.2, 0.25) is 5.88 Å². The van der Waals surface area contributed by atoms with E-state index in [2.05, 4.69) is 15.3 Å². The maximum absolute atomic E-state index is 15.6. The molecule has 0 fully saturated rings. The summed E-state index contributed by atoms with van der Waals surface area (Å²) < 4.78 is 47.7. The molecule has 1 atom stereocenters. The Kier molecular flexibility index (Phi) is 10.7. The number of methoxy groups -OCH3 is 2. The summed E-state index contributed by atoms with van der Waals surface area (Å²) in [4.78, 5) is 33.6. The van der Waals surface area contributed by atoms with Crippen molar-refractivity contribution in [2.75, 3.05) is 27.4 Å². The number of carboxylic acid groups (broad SMARTS) is 1. The topological polar surface area (TPSA) is 149 Å². The first-order valence-electron chi connectivity index (χ1n) is 14.8. The highest BCUT2D eigenvalue weighted by Gasteiger charge is 2.23. The fourth-order valence-electron chi connectivity index (χ4n) is 5.03. The molecule has 2 aromatic heterocycles. The van der Waals surface area contributed by atoms with Crippen LogP contribution in [0, 0.1) is 23.0 Å². The van der Waals surface area contributed by atoms with Crippen LogP contribution in [0.4, 0.5) is 8.78 Å². The number of aromatic nitrogens is 3. The van der Waals surface area contributed by atoms with Gasteiger partial charge in [-0.2, -0.15) is 5.26 Å². The van der Waals surface area contributed by atoms with Crippen molar-refractivity contribution in [3.8, 4) is 23.2 Å². The van der Waals surface area contributed by atoms with Crippen LogP contribution >= 0.6 is 0 Å². The number of halogens is 2. The van der Waals surface area contributed by atoms with Crippen LogP contribution in [0.3, 0.4) is 0 Å². The van der Waals surface area contributed by atoms with Crippen LogP contribution in [-0.4, -0.2) is 65.0 Å². The number of pyridine rings is 1. The van der Waals surface area contributed by atoms with Crippen molar-refractivity contribution in [3.63, 3.8) is 0 Å². The first-order chi connectivity index (χ1) is 23.2. The van der Waals surface area contributed by atoms with Gasteiger partial charge in [-0.15, -0.1) is 0 Å². The van der Waals surface area contributed by atoms with E-state index in [1.54, 1.807) is 41.0 Å². The highest BCUT2D eigenvalue weighted by Crippen LogP contribution is 2.26. The van der Waals surface area contributed by atoms with Crippen LogP contribution in [0.25, 0.3) is 22.3 Å². The van der Waals surface area contributed by atoms with Crippen LogP contribution in [-0.2, 0) is 33.8 Å². The Hall–Kier alpha value is -5.71. The molecule has 0 radical (unpaired) electrons. The van der Waals surface area contributed by atoms with Gasteiger partial charge < -0.3 is 29.2 Å². The molecule has 246 valence electrons. The lowest BCUT2D eigenvalue weighted by Gasteiger charge is -2.18. The second-order valence-corrected chi connectivity index (χ2v) is 10.7. The van der Waals surface area contributed by atoms with Gasteiger partial charge in [0.25, 0.3) is 5.91 Å². The third kappa shape index (κ3) is 7.80. The van der Waals surface area contributed by atoms with E-state index in [9.17, 15) is 19.1 Å². The summed E-state index contributed by atoms with van der Waals surface area (Å²) in [6.45, 7) is 0.457. The maximum atomic E-state index is 15.6. The van der Waals surface area contributed by atoms with E-state index >= 15 is 4.39 Å². The molecule has 13 heteroatoms. The number of aromatic carboxylic acids is 1. The van der Waals surface area contributed by atoms with Crippen LogP contribution in [0.5, 0.6) is 5.88 Å². The highest BCUT2D eigenvalue weighted by molar-refractivity contribution is 5.92. The molecule has 11 nitrogen and oxygen atoms in total. The summed E-state index contributed by atoms with van der Waals surface area (Å²) in [5, 5.41) is 21.3. The normalized spacial score (nSPS) is 11.6. The van der Waals surface area contributed by atoms with Crippen LogP contribution in [0.15, 0.2) is 72.8 Å². The summed E-state index contributed by atoms with van der Waals surface area (Å²) in [6.07, 6.45) is -0.926. The quantitative estimate of drug-likeness (QED) is 0.160. The van der Waals surface area contributed by atoms with Crippen molar-refractivity contribution >= 4 is 22.9 Å². The van der Waals surface area contributed by atoms with Crippen molar-refractivity contribution in [3.05, 3.63) is 113 Å². The molecule has 2 heterocycles. The number of hydrogen-bond acceptors (Lipinski definition) is 8. The molecule has 3 aromatic carbocycles. The summed E-state index contributed by atoms with van der Waals surface area (Å²) >= 11 is 0. The lowest BCUT2D eigenvalue weighted by atomic mass is 10.1. The minimum atomic E-state index is -1.13. The number of nitrogens with zero attached hydrogens (tertiary/aromatic N) is 4. The Labute approximate surface area is 274 Å². The Morgan fingerprint density at radius 2 is 1.79 bits per heavy atom. The molecule has 0 aliphatic carbocycles. The minimum absolute atomic E-state index is 0.00694. The van der Waals surface area contributed by atoms with Crippen molar-refractivity contribution in [1.82, 2.24) is 19.9 Å². The number of nitrogens with one attached hydrogen (secondary N) is 1. The van der Waals surface area contributed by atoms with E-state index in [0.717, 1.165) is 6.07 Å². The van der Waals surface area contributed by atoms with E-state index < -0.39 is 29.6 Å². The Morgan fingerprint density at radius 1 is 1.00 bits per heavy atom. The lowest BCUT2D eigenvalue weighted by molar-refractivity contribution is -0.131. The number of carboxylic acids is 1. The van der Waals surface area contributed by atoms with E-state index in [4.69, 9.17) is 19.5 Å². The van der Waals surface area contributed by atoms with Gasteiger partial charge in [0.15, 0.2) is 6.10 Å². The van der Waals surface area contributed by atoms with Gasteiger partial charge in [0, 0.05) is 44.4 Å². The van der Waals surface area contributed by atoms with E-state index in [-0.39, 0.29) is 48.7 Å². The number of rotatable bonds is 14. The van der Waals surface area contributed by atoms with Crippen molar-refractivity contribution in [2.24, 2.45) is 0 Å². The van der Waals surface area contributed by atoms with E-state index in [0.29, 0.717) is 40.3 Å². The van der Waals surface area contributed by atoms with E-state index in [1.165, 1.54) is 44.6 Å². The molecule has 2 N–H and O–H groups in total. The molecule has 1 amide bonds. The number of hydrogen-bond donors (Lipinski definition) is 2. The van der Waals surface area contributed by atoms with Gasteiger partial charge >= 0.3 is 5.97 Å². The number of fused-ring (bicyclic) bond motifs is 1. The summed E-state index contributed by atoms with van der Waals surface area (Å²) in [5.74, 6) is -2.03. The zero-order chi connectivity index (χ0) is 34.2. The van der Waals surface area contributed by atoms with Gasteiger partial charge in [0.1, 0.15) is 24.1 Å². The zero-order valence-corrected chi connectivity index (χ0v) is 26.1. The third-order valence-corrected chi connectivity index (χ3v) is 7.58. The van der Waals surface area contributed by atoms with Gasteiger partial charge in [-0.1, -0.05) is 24.3 Å². The largest absolute Gasteiger partial charge is 0.478 e. The summed E-state index contributed by atoms with van der Waals surface area (Å²) in [7, 11) is 2.90. The SMILES string of the molecule is COCCNC(=O)C(Cn1c(Cc2ccc(-c3cccc(OCc4ccc(C#N)cc4F)n3)cc2F)nc2ccc(C(=O)O)cc21)OC. The number of amides is 1. The molecule has 1 unspecified atom stereocenters. The number of benzene rings is 3. The molecule has 0 aliphatic rings. The molecule has 0 aliphatic heterocycles. The van der Waals surface area contributed by atoms with Gasteiger partial charge in [-0.3, -0.25) is 4.79 Å². The molecule has 5 aromatic rings. The molecular formula is C35H31F2N5O6. The average Bonchev–Trinajstić information content (AvgIpc) is 3.43. The molecule has 0 saturated heterocycles. The third-order valence-electron chi connectivity index (χ3n) is 7.58. The molecular weight excluding hydrogens is 624 g/mol. The second kappa shape index (κ2) is 15.3. The first kappa shape index (κ1) is 33.6. The Balaban J connectivity index is 1.39. The molecule has 48 heavy (non-hydrogen) atoms. The maximum Gasteiger partial charge on any atom is 0.335 e. The minimum Gasteiger partial charge on any atom is -0.478 e. The number of carbonyl (C=O) groups is 2. The fourth-order valence-corrected chi connectivity index (χ4v) is 5.03. The summed E-state index contributed by atoms with van der Waals surface area (Å²) in [6, 6.07) is 20.0. The van der Waals surface area contributed by atoms with Gasteiger partial charge in [-0.05, 0) is 48.0 Å². The predicted octanol–water partition coefficient (Wildman–Crippen LogP) is 4.89. The number of nitriles is 1. The van der Waals surface area contributed by atoms with Gasteiger partial charge in [0.05, 0.1) is 47.1 Å². The molecule has 0 saturated carbocycles. The second-order valence-electron chi connectivity index (χ2n) is 10.7. The number of imidazole rings is 1. The molecule has 0 bridgehead atoms.